The van der Waals surface area contributed by atoms with Crippen molar-refractivity contribution < 1.29 is 4.42 Å². The van der Waals surface area contributed by atoms with E-state index in [1.54, 1.807) is 13.0 Å². The Bertz CT molecular complexity index is 508. The van der Waals surface area contributed by atoms with Crippen LogP contribution in [0.2, 0.25) is 5.02 Å². The number of halogens is 1. The van der Waals surface area contributed by atoms with Crippen LogP contribution in [-0.2, 0) is 0 Å². The number of hydrogen-bond acceptors (Lipinski definition) is 4. The molecule has 2 N–H and O–H groups in total. The predicted molar refractivity (Wildman–Crippen MR) is 62.1 cm³/mol. The molecule has 0 aliphatic carbocycles. The molecule has 16 heavy (non-hydrogen) atoms. The smallest absolute Gasteiger partial charge is 0.248 e. The van der Waals surface area contributed by atoms with Crippen LogP contribution in [0.3, 0.4) is 0 Å². The van der Waals surface area contributed by atoms with Gasteiger partial charge in [0.15, 0.2) is 0 Å². The molecular formula is C11H12ClN3O. The van der Waals surface area contributed by atoms with Crippen molar-refractivity contribution in [2.75, 3.05) is 0 Å². The van der Waals surface area contributed by atoms with E-state index in [-0.39, 0.29) is 6.04 Å². The van der Waals surface area contributed by atoms with E-state index in [1.165, 1.54) is 0 Å². The Labute approximate surface area is 98.4 Å². The molecule has 2 rings (SSSR count). The lowest BCUT2D eigenvalue weighted by Gasteiger charge is -2.01. The number of aryl methyl sites for hydroxylation is 1. The Kier molecular flexibility index (Phi) is 2.94. The molecule has 0 saturated heterocycles. The third-order valence-corrected chi connectivity index (χ3v) is 2.50. The first-order valence-corrected chi connectivity index (χ1v) is 5.31. The summed E-state index contributed by atoms with van der Waals surface area (Å²) in [5, 5.41) is 8.47. The molecule has 5 heteroatoms. The molecule has 0 aliphatic heterocycles. The van der Waals surface area contributed by atoms with Gasteiger partial charge in [0.1, 0.15) is 0 Å². The highest BCUT2D eigenvalue weighted by atomic mass is 35.5. The molecule has 1 heterocycles. The zero-order valence-electron chi connectivity index (χ0n) is 9.07. The molecule has 0 bridgehead atoms. The minimum atomic E-state index is -0.263. The first-order valence-electron chi connectivity index (χ1n) is 4.93. The quantitative estimate of drug-likeness (QED) is 0.872. The van der Waals surface area contributed by atoms with Gasteiger partial charge < -0.3 is 10.2 Å². The second-order valence-electron chi connectivity index (χ2n) is 3.69. The van der Waals surface area contributed by atoms with Crippen LogP contribution in [0, 0.1) is 6.92 Å². The molecule has 0 radical (unpaired) electrons. The molecule has 0 aliphatic rings. The van der Waals surface area contributed by atoms with E-state index < -0.39 is 0 Å². The summed E-state index contributed by atoms with van der Waals surface area (Å²) in [7, 11) is 0. The summed E-state index contributed by atoms with van der Waals surface area (Å²) in [4.78, 5) is 0. The molecule has 1 atom stereocenters. The van der Waals surface area contributed by atoms with Crippen LogP contribution in [0.25, 0.3) is 11.5 Å². The first kappa shape index (κ1) is 11.1. The van der Waals surface area contributed by atoms with Crippen molar-refractivity contribution >= 4 is 11.6 Å². The zero-order valence-corrected chi connectivity index (χ0v) is 9.82. The average molecular weight is 238 g/mol. The van der Waals surface area contributed by atoms with Gasteiger partial charge in [-0.15, -0.1) is 10.2 Å². The maximum atomic E-state index is 5.92. The predicted octanol–water partition coefficient (Wildman–Crippen LogP) is 2.72. The highest BCUT2D eigenvalue weighted by molar-refractivity contribution is 6.30. The summed E-state index contributed by atoms with van der Waals surface area (Å²) in [6.45, 7) is 3.75. The molecule has 1 unspecified atom stereocenters. The van der Waals surface area contributed by atoms with Crippen LogP contribution in [0.4, 0.5) is 0 Å². The van der Waals surface area contributed by atoms with E-state index in [9.17, 15) is 0 Å². The number of nitrogens with zero attached hydrogens (tertiary/aromatic N) is 2. The van der Waals surface area contributed by atoms with Crippen molar-refractivity contribution in [1.82, 2.24) is 10.2 Å². The van der Waals surface area contributed by atoms with Gasteiger partial charge in [-0.05, 0) is 31.5 Å². The van der Waals surface area contributed by atoms with Crippen LogP contribution >= 0.6 is 11.6 Å². The van der Waals surface area contributed by atoms with Crippen LogP contribution in [0.5, 0.6) is 0 Å². The van der Waals surface area contributed by atoms with E-state index >= 15 is 0 Å². The van der Waals surface area contributed by atoms with Gasteiger partial charge >= 0.3 is 0 Å². The topological polar surface area (TPSA) is 64.9 Å². The molecular weight excluding hydrogens is 226 g/mol. The molecule has 1 aromatic carbocycles. The van der Waals surface area contributed by atoms with Gasteiger partial charge in [-0.1, -0.05) is 17.7 Å². The van der Waals surface area contributed by atoms with Gasteiger partial charge in [-0.25, -0.2) is 0 Å². The van der Waals surface area contributed by atoms with Crippen molar-refractivity contribution in [2.45, 2.75) is 19.9 Å². The Morgan fingerprint density at radius 3 is 2.75 bits per heavy atom. The van der Waals surface area contributed by atoms with Gasteiger partial charge in [0, 0.05) is 10.6 Å². The molecule has 0 saturated carbocycles. The lowest BCUT2D eigenvalue weighted by atomic mass is 10.1. The fraction of sp³-hybridized carbons (Fsp3) is 0.273. The largest absolute Gasteiger partial charge is 0.419 e. The summed E-state index contributed by atoms with van der Waals surface area (Å²) >= 11 is 5.92. The van der Waals surface area contributed by atoms with Crippen LogP contribution < -0.4 is 5.73 Å². The normalized spacial score (nSPS) is 12.8. The summed E-state index contributed by atoms with van der Waals surface area (Å²) in [6.07, 6.45) is 0. The highest BCUT2D eigenvalue weighted by Crippen LogP contribution is 2.26. The summed E-state index contributed by atoms with van der Waals surface area (Å²) in [5.74, 6) is 0.877. The monoisotopic (exact) mass is 237 g/mol. The molecule has 0 spiro atoms. The van der Waals surface area contributed by atoms with E-state index in [0.29, 0.717) is 16.8 Å². The van der Waals surface area contributed by atoms with Gasteiger partial charge in [-0.3, -0.25) is 0 Å². The van der Waals surface area contributed by atoms with E-state index in [2.05, 4.69) is 10.2 Å². The van der Waals surface area contributed by atoms with Crippen molar-refractivity contribution in [3.05, 3.63) is 34.7 Å². The SMILES string of the molecule is Cc1ccc(Cl)cc1-c1nnc(C(C)N)o1. The van der Waals surface area contributed by atoms with Crippen molar-refractivity contribution in [3.63, 3.8) is 0 Å². The standard InChI is InChI=1S/C11H12ClN3O/c1-6-3-4-8(12)5-9(6)11-15-14-10(16-11)7(2)13/h3-5,7H,13H2,1-2H3. The zero-order chi connectivity index (χ0) is 11.7. The van der Waals surface area contributed by atoms with Gasteiger partial charge in [0.25, 0.3) is 0 Å². The van der Waals surface area contributed by atoms with Crippen LogP contribution in [0.1, 0.15) is 24.4 Å². The third-order valence-electron chi connectivity index (χ3n) is 2.26. The Morgan fingerprint density at radius 1 is 1.38 bits per heavy atom. The van der Waals surface area contributed by atoms with E-state index in [1.807, 2.05) is 19.1 Å². The van der Waals surface area contributed by atoms with Gasteiger partial charge in [-0.2, -0.15) is 0 Å². The number of rotatable bonds is 2. The molecule has 2 aromatic rings. The maximum Gasteiger partial charge on any atom is 0.248 e. The molecule has 0 fully saturated rings. The lowest BCUT2D eigenvalue weighted by Crippen LogP contribution is -2.04. The van der Waals surface area contributed by atoms with E-state index in [4.69, 9.17) is 21.8 Å². The maximum absolute atomic E-state index is 5.92. The molecule has 0 amide bonds. The number of benzene rings is 1. The van der Waals surface area contributed by atoms with Gasteiger partial charge in [0.05, 0.1) is 6.04 Å². The first-order chi connectivity index (χ1) is 7.58. The number of hydrogen-bond donors (Lipinski definition) is 1. The Morgan fingerprint density at radius 2 is 2.12 bits per heavy atom. The fourth-order valence-corrected chi connectivity index (χ4v) is 1.52. The lowest BCUT2D eigenvalue weighted by molar-refractivity contribution is 0.473. The second kappa shape index (κ2) is 4.23. The van der Waals surface area contributed by atoms with Gasteiger partial charge in [0.2, 0.25) is 11.8 Å². The average Bonchev–Trinajstić information content (AvgIpc) is 2.70. The summed E-state index contributed by atoms with van der Waals surface area (Å²) in [5.41, 5.74) is 7.52. The fourth-order valence-electron chi connectivity index (χ4n) is 1.35. The van der Waals surface area contributed by atoms with Crippen molar-refractivity contribution in [3.8, 4) is 11.5 Å². The molecule has 4 nitrogen and oxygen atoms in total. The summed E-state index contributed by atoms with van der Waals surface area (Å²) in [6, 6.07) is 5.27. The number of nitrogens with two attached hydrogens (primary N) is 1. The highest BCUT2D eigenvalue weighted by Gasteiger charge is 2.13. The molecule has 1 aromatic heterocycles. The van der Waals surface area contributed by atoms with E-state index in [0.717, 1.165) is 11.1 Å². The minimum absolute atomic E-state index is 0.263. The van der Waals surface area contributed by atoms with Crippen LogP contribution in [0.15, 0.2) is 22.6 Å². The minimum Gasteiger partial charge on any atom is -0.419 e. The van der Waals surface area contributed by atoms with Crippen molar-refractivity contribution in [2.24, 2.45) is 5.73 Å². The van der Waals surface area contributed by atoms with Crippen molar-refractivity contribution in [1.29, 1.82) is 0 Å². The molecule has 84 valence electrons. The second-order valence-corrected chi connectivity index (χ2v) is 4.13. The third kappa shape index (κ3) is 2.08. The number of aromatic nitrogens is 2. The summed E-state index contributed by atoms with van der Waals surface area (Å²) < 4.78 is 5.46. The van der Waals surface area contributed by atoms with Crippen LogP contribution in [-0.4, -0.2) is 10.2 Å². The Hall–Kier alpha value is -1.39. The Balaban J connectivity index is 2.46.